The van der Waals surface area contributed by atoms with Gasteiger partial charge in [0, 0.05) is 17.8 Å². The molecule has 2 heterocycles. The third-order valence-corrected chi connectivity index (χ3v) is 4.27. The van der Waals surface area contributed by atoms with Crippen molar-refractivity contribution in [3.05, 3.63) is 52.6 Å². The maximum atomic E-state index is 13.0. The Bertz CT molecular complexity index is 763. The topological polar surface area (TPSA) is 79.4 Å². The second kappa shape index (κ2) is 6.43. The van der Waals surface area contributed by atoms with Crippen LogP contribution in [0.2, 0.25) is 0 Å². The fourth-order valence-electron chi connectivity index (χ4n) is 2.75. The highest BCUT2D eigenvalue weighted by atomic mass is 19.1. The number of carbonyl (C=O) groups excluding carboxylic acids is 1. The number of aromatic nitrogens is 2. The first kappa shape index (κ1) is 16.2. The van der Waals surface area contributed by atoms with E-state index in [1.807, 2.05) is 20.8 Å². The van der Waals surface area contributed by atoms with Crippen LogP contribution in [0.1, 0.15) is 29.4 Å². The summed E-state index contributed by atoms with van der Waals surface area (Å²) in [6.45, 7) is 6.04. The van der Waals surface area contributed by atoms with E-state index in [1.54, 1.807) is 12.1 Å². The number of hydrogen-bond donors (Lipinski definition) is 2. The van der Waals surface area contributed by atoms with Crippen LogP contribution < -0.4 is 5.32 Å². The molecule has 0 bridgehead atoms. The minimum atomic E-state index is -0.697. The smallest absolute Gasteiger partial charge is 0.264 e. The number of nitrogens with zero attached hydrogens (tertiary/aromatic N) is 2. The van der Waals surface area contributed by atoms with E-state index in [0.29, 0.717) is 12.3 Å². The predicted octanol–water partition coefficient (Wildman–Crippen LogP) is 2.22. The van der Waals surface area contributed by atoms with Gasteiger partial charge in [0.2, 0.25) is 6.10 Å². The molecule has 0 saturated heterocycles. The third-order valence-electron chi connectivity index (χ3n) is 4.27. The van der Waals surface area contributed by atoms with Gasteiger partial charge in [-0.15, -0.1) is 0 Å². The van der Waals surface area contributed by atoms with Crippen LogP contribution in [0.3, 0.4) is 0 Å². The van der Waals surface area contributed by atoms with Gasteiger partial charge in [0.1, 0.15) is 5.82 Å². The molecule has 1 aliphatic rings. The molecule has 1 amide bonds. The van der Waals surface area contributed by atoms with Gasteiger partial charge in [-0.1, -0.05) is 24.2 Å². The number of benzene rings is 1. The molecule has 24 heavy (non-hydrogen) atoms. The summed E-state index contributed by atoms with van der Waals surface area (Å²) in [6.07, 6.45) is -0.697. The Labute approximate surface area is 139 Å². The van der Waals surface area contributed by atoms with Crippen molar-refractivity contribution in [3.63, 3.8) is 0 Å². The maximum Gasteiger partial charge on any atom is 0.264 e. The number of halogens is 1. The highest BCUT2D eigenvalue weighted by molar-refractivity contribution is 6.05. The van der Waals surface area contributed by atoms with Crippen LogP contribution in [0.4, 0.5) is 4.39 Å². The van der Waals surface area contributed by atoms with Crippen molar-refractivity contribution < 1.29 is 14.0 Å². The largest absolute Gasteiger partial charge is 0.381 e. The second-order valence-electron chi connectivity index (χ2n) is 5.93. The summed E-state index contributed by atoms with van der Waals surface area (Å²) in [5.41, 5.74) is 4.15. The van der Waals surface area contributed by atoms with E-state index < -0.39 is 6.10 Å². The standard InChI is InChI=1S/C17H19FN4O2/c1-9-15(12-4-6-13(18)7-5-12)22-24-16(9)17(23)19-8-14-10(2)20-21-11(14)3/h4-7,9,16H,8H2,1-3H3,(H,19,23)(H,20,21)/t9-,16-/m0/s1. The van der Waals surface area contributed by atoms with E-state index in [2.05, 4.69) is 20.7 Å². The maximum absolute atomic E-state index is 13.0. The lowest BCUT2D eigenvalue weighted by atomic mass is 9.93. The lowest BCUT2D eigenvalue weighted by Gasteiger charge is -2.14. The van der Waals surface area contributed by atoms with Crippen molar-refractivity contribution >= 4 is 11.6 Å². The van der Waals surface area contributed by atoms with E-state index in [1.165, 1.54) is 12.1 Å². The zero-order valence-corrected chi connectivity index (χ0v) is 13.8. The molecule has 1 aromatic carbocycles. The molecule has 7 heteroatoms. The van der Waals surface area contributed by atoms with Gasteiger partial charge in [-0.05, 0) is 31.5 Å². The third kappa shape index (κ3) is 3.02. The molecule has 1 aromatic heterocycles. The molecule has 0 fully saturated rings. The average molecular weight is 330 g/mol. The Morgan fingerprint density at radius 3 is 2.67 bits per heavy atom. The van der Waals surface area contributed by atoms with E-state index in [-0.39, 0.29) is 17.6 Å². The molecule has 0 aliphatic carbocycles. The lowest BCUT2D eigenvalue weighted by Crippen LogP contribution is -2.39. The zero-order valence-electron chi connectivity index (χ0n) is 13.8. The Morgan fingerprint density at radius 1 is 1.33 bits per heavy atom. The minimum Gasteiger partial charge on any atom is -0.381 e. The van der Waals surface area contributed by atoms with Gasteiger partial charge in [-0.25, -0.2) is 4.39 Å². The first-order valence-electron chi connectivity index (χ1n) is 7.75. The first-order valence-corrected chi connectivity index (χ1v) is 7.75. The number of amides is 1. The Morgan fingerprint density at radius 2 is 2.04 bits per heavy atom. The highest BCUT2D eigenvalue weighted by Gasteiger charge is 2.36. The monoisotopic (exact) mass is 330 g/mol. The van der Waals surface area contributed by atoms with E-state index in [4.69, 9.17) is 4.84 Å². The summed E-state index contributed by atoms with van der Waals surface area (Å²) >= 11 is 0. The fraction of sp³-hybridized carbons (Fsp3) is 0.353. The summed E-state index contributed by atoms with van der Waals surface area (Å²) in [5, 5.41) is 13.9. The average Bonchev–Trinajstić information content (AvgIpc) is 3.09. The molecular formula is C17H19FN4O2. The van der Waals surface area contributed by atoms with E-state index in [0.717, 1.165) is 22.5 Å². The highest BCUT2D eigenvalue weighted by Crippen LogP contribution is 2.23. The summed E-state index contributed by atoms with van der Waals surface area (Å²) in [5.74, 6) is -0.767. The molecule has 1 aliphatic heterocycles. The fourth-order valence-corrected chi connectivity index (χ4v) is 2.75. The van der Waals surface area contributed by atoms with Crippen molar-refractivity contribution in [2.75, 3.05) is 0 Å². The van der Waals surface area contributed by atoms with Gasteiger partial charge < -0.3 is 10.2 Å². The van der Waals surface area contributed by atoms with Crippen LogP contribution in [0.5, 0.6) is 0 Å². The van der Waals surface area contributed by atoms with Gasteiger partial charge >= 0.3 is 0 Å². The Hall–Kier alpha value is -2.70. The van der Waals surface area contributed by atoms with Crippen molar-refractivity contribution in [1.29, 1.82) is 0 Å². The minimum absolute atomic E-state index is 0.220. The number of hydrogen-bond acceptors (Lipinski definition) is 4. The van der Waals surface area contributed by atoms with Gasteiger partial charge in [0.25, 0.3) is 5.91 Å². The molecule has 3 rings (SSSR count). The number of aromatic amines is 1. The van der Waals surface area contributed by atoms with Gasteiger partial charge in [0.15, 0.2) is 0 Å². The van der Waals surface area contributed by atoms with Crippen LogP contribution in [0.25, 0.3) is 0 Å². The van der Waals surface area contributed by atoms with E-state index in [9.17, 15) is 9.18 Å². The second-order valence-corrected chi connectivity index (χ2v) is 5.93. The summed E-state index contributed by atoms with van der Waals surface area (Å²) in [6, 6.07) is 5.99. The summed E-state index contributed by atoms with van der Waals surface area (Å²) in [7, 11) is 0. The Kier molecular flexibility index (Phi) is 4.33. The number of H-pyrrole nitrogens is 1. The molecule has 6 nitrogen and oxygen atoms in total. The molecular weight excluding hydrogens is 311 g/mol. The van der Waals surface area contributed by atoms with Crippen molar-refractivity contribution in [1.82, 2.24) is 15.5 Å². The van der Waals surface area contributed by atoms with Gasteiger partial charge in [-0.2, -0.15) is 5.10 Å². The van der Waals surface area contributed by atoms with Crippen molar-refractivity contribution in [2.24, 2.45) is 11.1 Å². The van der Waals surface area contributed by atoms with Crippen molar-refractivity contribution in [3.8, 4) is 0 Å². The quantitative estimate of drug-likeness (QED) is 0.902. The number of aryl methyl sites for hydroxylation is 2. The van der Waals surface area contributed by atoms with Crippen LogP contribution >= 0.6 is 0 Å². The van der Waals surface area contributed by atoms with E-state index >= 15 is 0 Å². The molecule has 0 saturated carbocycles. The van der Waals surface area contributed by atoms with Gasteiger partial charge in [-0.3, -0.25) is 9.89 Å². The molecule has 2 N–H and O–H groups in total. The van der Waals surface area contributed by atoms with Crippen LogP contribution in [0.15, 0.2) is 29.4 Å². The summed E-state index contributed by atoms with van der Waals surface area (Å²) in [4.78, 5) is 17.7. The SMILES string of the molecule is Cc1n[nH]c(C)c1CNC(=O)[C@H]1ON=C(c2ccc(F)cc2)[C@@H]1C. The summed E-state index contributed by atoms with van der Waals surface area (Å²) < 4.78 is 13.0. The zero-order chi connectivity index (χ0) is 17.3. The number of rotatable bonds is 4. The predicted molar refractivity (Wildman–Crippen MR) is 86.9 cm³/mol. The van der Waals surface area contributed by atoms with Crippen LogP contribution in [0, 0.1) is 25.6 Å². The molecule has 2 aromatic rings. The Balaban J connectivity index is 1.64. The van der Waals surface area contributed by atoms with Crippen LogP contribution in [-0.4, -0.2) is 27.9 Å². The van der Waals surface area contributed by atoms with Crippen molar-refractivity contribution in [2.45, 2.75) is 33.4 Å². The molecule has 0 spiro atoms. The molecule has 0 radical (unpaired) electrons. The molecule has 0 unspecified atom stereocenters. The first-order chi connectivity index (χ1) is 11.5. The number of carbonyl (C=O) groups is 1. The number of nitrogens with one attached hydrogen (secondary N) is 2. The molecule has 2 atom stereocenters. The van der Waals surface area contributed by atoms with Crippen LogP contribution in [-0.2, 0) is 16.2 Å². The molecule has 126 valence electrons. The van der Waals surface area contributed by atoms with Gasteiger partial charge in [0.05, 0.1) is 17.3 Å². The number of oxime groups is 1. The lowest BCUT2D eigenvalue weighted by molar-refractivity contribution is -0.132. The normalized spacial score (nSPS) is 19.8.